The maximum Gasteiger partial charge on any atom is 0.240 e. The van der Waals surface area contributed by atoms with Gasteiger partial charge in [0.05, 0.1) is 5.69 Å². The van der Waals surface area contributed by atoms with Gasteiger partial charge in [-0.05, 0) is 18.1 Å². The summed E-state index contributed by atoms with van der Waals surface area (Å²) in [4.78, 5) is 26.9. The third-order valence-electron chi connectivity index (χ3n) is 2.52. The lowest BCUT2D eigenvalue weighted by molar-refractivity contribution is -0.116. The summed E-state index contributed by atoms with van der Waals surface area (Å²) in [5.41, 5.74) is 2.34. The number of rotatable bonds is 1. The van der Waals surface area contributed by atoms with E-state index in [1.807, 2.05) is 12.1 Å². The second kappa shape index (κ2) is 3.67. The molecule has 15 heavy (non-hydrogen) atoms. The van der Waals surface area contributed by atoms with E-state index in [9.17, 15) is 9.59 Å². The Morgan fingerprint density at radius 2 is 2.33 bits per heavy atom. The average Bonchev–Trinajstić information content (AvgIpc) is 2.62. The summed E-state index contributed by atoms with van der Waals surface area (Å²) in [6.07, 6.45) is 2.33. The van der Waals surface area contributed by atoms with Gasteiger partial charge in [0.1, 0.15) is 5.69 Å². The number of benzene rings is 1. The number of para-hydroxylation sites is 1. The standard InChI is InChI=1S/C11H10N2O2/c1-8(15)13-6-5-9-3-2-4-10(11(9)13)12-7-14/h2-4H,5-6H2,1H3. The average molecular weight is 202 g/mol. The highest BCUT2D eigenvalue weighted by atomic mass is 16.2. The highest BCUT2D eigenvalue weighted by Gasteiger charge is 2.24. The van der Waals surface area contributed by atoms with Crippen molar-refractivity contribution in [3.63, 3.8) is 0 Å². The molecule has 1 aromatic rings. The molecule has 0 radical (unpaired) electrons. The number of hydrogen-bond acceptors (Lipinski definition) is 3. The molecule has 0 aliphatic carbocycles. The Hall–Kier alpha value is -1.93. The van der Waals surface area contributed by atoms with Gasteiger partial charge in [-0.1, -0.05) is 12.1 Å². The van der Waals surface area contributed by atoms with Crippen molar-refractivity contribution < 1.29 is 9.59 Å². The fourth-order valence-electron chi connectivity index (χ4n) is 1.89. The quantitative estimate of drug-likeness (QED) is 0.512. The lowest BCUT2D eigenvalue weighted by Gasteiger charge is -2.15. The first kappa shape index (κ1) is 9.62. The molecule has 0 atom stereocenters. The third-order valence-corrected chi connectivity index (χ3v) is 2.52. The van der Waals surface area contributed by atoms with Crippen molar-refractivity contribution in [2.75, 3.05) is 11.4 Å². The van der Waals surface area contributed by atoms with Crippen LogP contribution in [0.4, 0.5) is 11.4 Å². The molecule has 1 aliphatic heterocycles. The van der Waals surface area contributed by atoms with E-state index in [0.29, 0.717) is 12.2 Å². The Labute approximate surface area is 87.2 Å². The number of fused-ring (bicyclic) bond motifs is 1. The van der Waals surface area contributed by atoms with Crippen LogP contribution in [0, 0.1) is 0 Å². The monoisotopic (exact) mass is 202 g/mol. The second-order valence-electron chi connectivity index (χ2n) is 3.41. The third kappa shape index (κ3) is 1.55. The lowest BCUT2D eigenvalue weighted by atomic mass is 10.1. The predicted molar refractivity (Wildman–Crippen MR) is 56.0 cm³/mol. The molecular formula is C11H10N2O2. The minimum atomic E-state index is -0.0256. The van der Waals surface area contributed by atoms with Gasteiger partial charge in [-0.2, -0.15) is 4.99 Å². The fourth-order valence-corrected chi connectivity index (χ4v) is 1.89. The molecule has 4 nitrogen and oxygen atoms in total. The van der Waals surface area contributed by atoms with E-state index < -0.39 is 0 Å². The van der Waals surface area contributed by atoms with Crippen LogP contribution in [0.1, 0.15) is 12.5 Å². The lowest BCUT2D eigenvalue weighted by Crippen LogP contribution is -2.25. The molecule has 1 aliphatic rings. The van der Waals surface area contributed by atoms with Crippen LogP contribution in [0.3, 0.4) is 0 Å². The van der Waals surface area contributed by atoms with Crippen LogP contribution in [0.2, 0.25) is 0 Å². The SMILES string of the molecule is CC(=O)N1CCc2cccc(N=C=O)c21. The molecule has 0 N–H and O–H groups in total. The summed E-state index contributed by atoms with van der Waals surface area (Å²) in [5, 5.41) is 0. The summed E-state index contributed by atoms with van der Waals surface area (Å²) in [6.45, 7) is 2.17. The van der Waals surface area contributed by atoms with Gasteiger partial charge in [-0.15, -0.1) is 0 Å². The number of nitrogens with zero attached hydrogens (tertiary/aromatic N) is 2. The van der Waals surface area contributed by atoms with Crippen molar-refractivity contribution in [1.82, 2.24) is 0 Å². The second-order valence-corrected chi connectivity index (χ2v) is 3.41. The van der Waals surface area contributed by atoms with Crippen LogP contribution >= 0.6 is 0 Å². The molecule has 76 valence electrons. The number of carbonyl (C=O) groups excluding carboxylic acids is 2. The van der Waals surface area contributed by atoms with Gasteiger partial charge in [0.25, 0.3) is 0 Å². The summed E-state index contributed by atoms with van der Waals surface area (Å²) in [6, 6.07) is 5.49. The summed E-state index contributed by atoms with van der Waals surface area (Å²) < 4.78 is 0. The minimum absolute atomic E-state index is 0.0256. The van der Waals surface area contributed by atoms with Gasteiger partial charge < -0.3 is 4.90 Å². The molecule has 4 heteroatoms. The van der Waals surface area contributed by atoms with E-state index in [1.54, 1.807) is 11.0 Å². The van der Waals surface area contributed by atoms with Crippen molar-refractivity contribution in [2.24, 2.45) is 4.99 Å². The minimum Gasteiger partial charge on any atom is -0.310 e. The summed E-state index contributed by atoms with van der Waals surface area (Å²) >= 11 is 0. The van der Waals surface area contributed by atoms with Crippen molar-refractivity contribution in [2.45, 2.75) is 13.3 Å². The Morgan fingerprint density at radius 1 is 1.53 bits per heavy atom. The molecule has 0 aromatic heterocycles. The molecule has 2 rings (SSSR count). The molecule has 0 saturated heterocycles. The zero-order chi connectivity index (χ0) is 10.8. The maximum absolute atomic E-state index is 11.4. The first-order valence-corrected chi connectivity index (χ1v) is 4.72. The first-order valence-electron chi connectivity index (χ1n) is 4.72. The molecule has 0 fully saturated rings. The van der Waals surface area contributed by atoms with Gasteiger partial charge in [-0.3, -0.25) is 4.79 Å². The first-order chi connectivity index (χ1) is 7.24. The van der Waals surface area contributed by atoms with E-state index in [0.717, 1.165) is 17.7 Å². The van der Waals surface area contributed by atoms with Crippen molar-refractivity contribution in [3.05, 3.63) is 23.8 Å². The number of isocyanates is 1. The van der Waals surface area contributed by atoms with Crippen molar-refractivity contribution in [3.8, 4) is 0 Å². The predicted octanol–water partition coefficient (Wildman–Crippen LogP) is 1.56. The molecule has 0 unspecified atom stereocenters. The molecule has 1 heterocycles. The van der Waals surface area contributed by atoms with Gasteiger partial charge in [0.2, 0.25) is 12.0 Å². The normalized spacial score (nSPS) is 13.3. The van der Waals surface area contributed by atoms with Crippen LogP contribution in [0.15, 0.2) is 23.2 Å². The summed E-state index contributed by atoms with van der Waals surface area (Å²) in [5.74, 6) is -0.0256. The number of amides is 1. The maximum atomic E-state index is 11.4. The highest BCUT2D eigenvalue weighted by Crippen LogP contribution is 2.36. The molecular weight excluding hydrogens is 192 g/mol. The Balaban J connectivity index is 2.57. The van der Waals surface area contributed by atoms with Crippen LogP contribution in [0.5, 0.6) is 0 Å². The molecule has 0 spiro atoms. The number of carbonyl (C=O) groups is 1. The zero-order valence-corrected chi connectivity index (χ0v) is 8.36. The summed E-state index contributed by atoms with van der Waals surface area (Å²) in [7, 11) is 0. The Morgan fingerprint density at radius 3 is 3.00 bits per heavy atom. The van der Waals surface area contributed by atoms with Crippen LogP contribution in [0.25, 0.3) is 0 Å². The molecule has 1 aromatic carbocycles. The molecule has 0 saturated carbocycles. The number of anilines is 1. The van der Waals surface area contributed by atoms with E-state index in [1.165, 1.54) is 13.0 Å². The zero-order valence-electron chi connectivity index (χ0n) is 8.36. The van der Waals surface area contributed by atoms with Crippen LogP contribution in [-0.2, 0) is 16.0 Å². The highest BCUT2D eigenvalue weighted by molar-refractivity contribution is 5.97. The number of hydrogen-bond donors (Lipinski definition) is 0. The smallest absolute Gasteiger partial charge is 0.240 e. The van der Waals surface area contributed by atoms with Gasteiger partial charge in [0, 0.05) is 13.5 Å². The Kier molecular flexibility index (Phi) is 2.35. The number of aliphatic imine (C=N–C) groups is 1. The fraction of sp³-hybridized carbons (Fsp3) is 0.273. The van der Waals surface area contributed by atoms with E-state index >= 15 is 0 Å². The molecule has 0 bridgehead atoms. The largest absolute Gasteiger partial charge is 0.310 e. The van der Waals surface area contributed by atoms with Crippen LogP contribution < -0.4 is 4.90 Å². The van der Waals surface area contributed by atoms with Gasteiger partial charge >= 0.3 is 0 Å². The van der Waals surface area contributed by atoms with Crippen molar-refractivity contribution >= 4 is 23.4 Å². The van der Waals surface area contributed by atoms with Gasteiger partial charge in [0.15, 0.2) is 0 Å². The topological polar surface area (TPSA) is 49.7 Å². The Bertz CT molecular complexity index is 462. The van der Waals surface area contributed by atoms with E-state index in [2.05, 4.69) is 4.99 Å². The van der Waals surface area contributed by atoms with Crippen molar-refractivity contribution in [1.29, 1.82) is 0 Å². The van der Waals surface area contributed by atoms with E-state index in [4.69, 9.17) is 0 Å². The van der Waals surface area contributed by atoms with Crippen LogP contribution in [-0.4, -0.2) is 18.5 Å². The van der Waals surface area contributed by atoms with Gasteiger partial charge in [-0.25, -0.2) is 4.79 Å². The molecule has 1 amide bonds. The van der Waals surface area contributed by atoms with E-state index in [-0.39, 0.29) is 5.91 Å².